The minimum absolute atomic E-state index is 0.677. The van der Waals surface area contributed by atoms with E-state index in [2.05, 4.69) is 36.5 Å². The number of anilines is 4. The van der Waals surface area contributed by atoms with Gasteiger partial charge in [0.15, 0.2) is 0 Å². The van der Waals surface area contributed by atoms with E-state index in [0.717, 1.165) is 33.0 Å². The maximum atomic E-state index is 5.41. The summed E-state index contributed by atoms with van der Waals surface area (Å²) < 4.78 is 6.45. The smallest absolute Gasteiger partial charge is 0.142 e. The van der Waals surface area contributed by atoms with Gasteiger partial charge in [0.05, 0.1) is 12.8 Å². The molecule has 0 saturated carbocycles. The number of aromatic nitrogens is 2. The van der Waals surface area contributed by atoms with Gasteiger partial charge >= 0.3 is 0 Å². The second kappa shape index (κ2) is 7.53. The highest BCUT2D eigenvalue weighted by Gasteiger charge is 2.07. The van der Waals surface area contributed by atoms with Gasteiger partial charge in [-0.05, 0) is 55.8 Å². The van der Waals surface area contributed by atoms with Crippen LogP contribution in [0.4, 0.5) is 23.0 Å². The molecule has 0 bridgehead atoms. The van der Waals surface area contributed by atoms with Gasteiger partial charge in [0.25, 0.3) is 0 Å². The number of rotatable bonds is 5. The van der Waals surface area contributed by atoms with Crippen LogP contribution in [0.15, 0.2) is 53.0 Å². The van der Waals surface area contributed by atoms with Crippen molar-refractivity contribution in [1.29, 1.82) is 0 Å². The number of ether oxygens (including phenoxy) is 1. The zero-order chi connectivity index (χ0) is 17.8. The van der Waals surface area contributed by atoms with Crippen LogP contribution in [0.2, 0.25) is 0 Å². The summed E-state index contributed by atoms with van der Waals surface area (Å²) in [6.07, 6.45) is 0. The normalized spacial score (nSPS) is 10.4. The van der Waals surface area contributed by atoms with E-state index in [-0.39, 0.29) is 0 Å². The Morgan fingerprint density at radius 2 is 1.56 bits per heavy atom. The molecular formula is C19H19BrN4O. The molecule has 0 fully saturated rings. The summed E-state index contributed by atoms with van der Waals surface area (Å²) in [6, 6.07) is 15.8. The van der Waals surface area contributed by atoms with E-state index in [9.17, 15) is 0 Å². The third-order valence-electron chi connectivity index (χ3n) is 3.57. The van der Waals surface area contributed by atoms with E-state index in [1.54, 1.807) is 7.11 Å². The SMILES string of the molecule is COc1ccc(C)cc1Nc1cc(Nc2ccc(Br)cc2)nc(C)n1. The van der Waals surface area contributed by atoms with Gasteiger partial charge in [-0.1, -0.05) is 22.0 Å². The van der Waals surface area contributed by atoms with Crippen LogP contribution in [0, 0.1) is 13.8 Å². The summed E-state index contributed by atoms with van der Waals surface area (Å²) in [4.78, 5) is 8.91. The first-order chi connectivity index (χ1) is 12.0. The standard InChI is InChI=1S/C19H19BrN4O/c1-12-4-9-17(25-3)16(10-12)24-19-11-18(21-13(2)22-19)23-15-7-5-14(20)6-8-15/h4-11H,1-3H3,(H2,21,22,23,24). The summed E-state index contributed by atoms with van der Waals surface area (Å²) >= 11 is 3.44. The van der Waals surface area contributed by atoms with Crippen LogP contribution in [0.5, 0.6) is 5.75 Å². The van der Waals surface area contributed by atoms with Crippen molar-refractivity contribution >= 4 is 38.9 Å². The molecule has 5 nitrogen and oxygen atoms in total. The summed E-state index contributed by atoms with van der Waals surface area (Å²) in [5, 5.41) is 6.61. The van der Waals surface area contributed by atoms with Gasteiger partial charge in [-0.3, -0.25) is 0 Å². The molecule has 0 unspecified atom stereocenters. The van der Waals surface area contributed by atoms with E-state index in [1.807, 2.05) is 62.4 Å². The van der Waals surface area contributed by atoms with Crippen LogP contribution in [0.25, 0.3) is 0 Å². The molecule has 0 aliphatic rings. The Bertz CT molecular complexity index is 881. The number of benzene rings is 2. The zero-order valence-electron chi connectivity index (χ0n) is 14.3. The number of nitrogens with one attached hydrogen (secondary N) is 2. The lowest BCUT2D eigenvalue weighted by Gasteiger charge is -2.13. The quantitative estimate of drug-likeness (QED) is 0.606. The molecule has 25 heavy (non-hydrogen) atoms. The van der Waals surface area contributed by atoms with Gasteiger partial charge in [0.1, 0.15) is 23.2 Å². The summed E-state index contributed by atoms with van der Waals surface area (Å²) in [7, 11) is 1.65. The predicted molar refractivity (Wildman–Crippen MR) is 105 cm³/mol. The molecule has 6 heteroatoms. The fourth-order valence-electron chi connectivity index (χ4n) is 2.43. The van der Waals surface area contributed by atoms with Crippen molar-refractivity contribution < 1.29 is 4.74 Å². The molecule has 3 rings (SSSR count). The Morgan fingerprint density at radius 1 is 0.880 bits per heavy atom. The van der Waals surface area contributed by atoms with Gasteiger partial charge in [0.2, 0.25) is 0 Å². The molecule has 3 aromatic rings. The Hall–Kier alpha value is -2.60. The van der Waals surface area contributed by atoms with Crippen molar-refractivity contribution in [3.05, 3.63) is 64.4 Å². The van der Waals surface area contributed by atoms with Crippen LogP contribution in [-0.2, 0) is 0 Å². The van der Waals surface area contributed by atoms with E-state index >= 15 is 0 Å². The van der Waals surface area contributed by atoms with Gasteiger partial charge in [0, 0.05) is 16.2 Å². The third-order valence-corrected chi connectivity index (χ3v) is 4.10. The van der Waals surface area contributed by atoms with E-state index in [1.165, 1.54) is 0 Å². The maximum Gasteiger partial charge on any atom is 0.142 e. The fraction of sp³-hybridized carbons (Fsp3) is 0.158. The molecule has 0 atom stereocenters. The van der Waals surface area contributed by atoms with E-state index in [0.29, 0.717) is 11.6 Å². The Kier molecular flexibility index (Phi) is 5.19. The monoisotopic (exact) mass is 398 g/mol. The van der Waals surface area contributed by atoms with Crippen LogP contribution in [0.3, 0.4) is 0 Å². The number of halogens is 1. The number of hydrogen-bond acceptors (Lipinski definition) is 5. The van der Waals surface area contributed by atoms with Crippen molar-refractivity contribution in [2.75, 3.05) is 17.7 Å². The lowest BCUT2D eigenvalue weighted by atomic mass is 10.2. The number of hydrogen-bond donors (Lipinski definition) is 2. The van der Waals surface area contributed by atoms with Crippen LogP contribution in [0.1, 0.15) is 11.4 Å². The molecule has 0 amide bonds. The second-order valence-corrected chi connectivity index (χ2v) is 6.56. The fourth-order valence-corrected chi connectivity index (χ4v) is 2.70. The van der Waals surface area contributed by atoms with Gasteiger partial charge in [-0.25, -0.2) is 9.97 Å². The first-order valence-corrected chi connectivity index (χ1v) is 8.63. The molecule has 0 spiro atoms. The molecule has 128 valence electrons. The zero-order valence-corrected chi connectivity index (χ0v) is 15.9. The molecule has 0 radical (unpaired) electrons. The first-order valence-electron chi connectivity index (χ1n) is 7.83. The lowest BCUT2D eigenvalue weighted by molar-refractivity contribution is 0.416. The molecule has 0 saturated heterocycles. The van der Waals surface area contributed by atoms with Crippen LogP contribution < -0.4 is 15.4 Å². The van der Waals surface area contributed by atoms with E-state index in [4.69, 9.17) is 4.74 Å². The molecule has 2 aromatic carbocycles. The van der Waals surface area contributed by atoms with Crippen molar-refractivity contribution in [2.45, 2.75) is 13.8 Å². The second-order valence-electron chi connectivity index (χ2n) is 5.65. The highest BCUT2D eigenvalue weighted by Crippen LogP contribution is 2.29. The average molecular weight is 399 g/mol. The van der Waals surface area contributed by atoms with Gasteiger partial charge in [-0.2, -0.15) is 0 Å². The topological polar surface area (TPSA) is 59.1 Å². The first kappa shape index (κ1) is 17.2. The number of methoxy groups -OCH3 is 1. The van der Waals surface area contributed by atoms with Crippen molar-refractivity contribution in [2.24, 2.45) is 0 Å². The number of nitrogens with zero attached hydrogens (tertiary/aromatic N) is 2. The third kappa shape index (κ3) is 4.48. The molecule has 1 heterocycles. The molecular weight excluding hydrogens is 380 g/mol. The largest absolute Gasteiger partial charge is 0.495 e. The predicted octanol–water partition coefficient (Wildman–Crippen LogP) is 5.35. The minimum atomic E-state index is 0.677. The highest BCUT2D eigenvalue weighted by molar-refractivity contribution is 9.10. The van der Waals surface area contributed by atoms with Crippen molar-refractivity contribution in [1.82, 2.24) is 9.97 Å². The minimum Gasteiger partial charge on any atom is -0.495 e. The lowest BCUT2D eigenvalue weighted by Crippen LogP contribution is -2.02. The Balaban J connectivity index is 1.87. The average Bonchev–Trinajstić information content (AvgIpc) is 2.57. The molecule has 0 aliphatic heterocycles. The van der Waals surface area contributed by atoms with Gasteiger partial charge < -0.3 is 15.4 Å². The maximum absolute atomic E-state index is 5.41. The van der Waals surface area contributed by atoms with Crippen LogP contribution >= 0.6 is 15.9 Å². The Morgan fingerprint density at radius 3 is 2.24 bits per heavy atom. The van der Waals surface area contributed by atoms with E-state index < -0.39 is 0 Å². The summed E-state index contributed by atoms with van der Waals surface area (Å²) in [6.45, 7) is 3.90. The Labute approximate surface area is 155 Å². The summed E-state index contributed by atoms with van der Waals surface area (Å²) in [5.41, 5.74) is 2.97. The summed E-state index contributed by atoms with van der Waals surface area (Å²) in [5.74, 6) is 2.88. The molecule has 0 aliphatic carbocycles. The number of aryl methyl sites for hydroxylation is 2. The van der Waals surface area contributed by atoms with Gasteiger partial charge in [-0.15, -0.1) is 0 Å². The van der Waals surface area contributed by atoms with Crippen molar-refractivity contribution in [3.63, 3.8) is 0 Å². The van der Waals surface area contributed by atoms with Crippen molar-refractivity contribution in [3.8, 4) is 5.75 Å². The highest BCUT2D eigenvalue weighted by atomic mass is 79.9. The molecule has 2 N–H and O–H groups in total. The van der Waals surface area contributed by atoms with Crippen LogP contribution in [-0.4, -0.2) is 17.1 Å². The molecule has 1 aromatic heterocycles.